The molecule has 3 nitrogen and oxygen atoms in total. The lowest BCUT2D eigenvalue weighted by molar-refractivity contribution is 0.673. The average molecular weight is 354 g/mol. The Kier molecular flexibility index (Phi) is 2.21. The molecule has 0 aliphatic rings. The minimum Gasteiger partial charge on any atom is -0.455 e. The first-order valence-corrected chi connectivity index (χ1v) is 8.37. The Morgan fingerprint density at radius 3 is 2.63 bits per heavy atom. The van der Waals surface area contributed by atoms with Gasteiger partial charge in [-0.2, -0.15) is 5.26 Å². The van der Waals surface area contributed by atoms with Gasteiger partial charge in [0.25, 0.3) is 0 Å². The third-order valence-electron chi connectivity index (χ3n) is 4.79. The molecule has 0 saturated carbocycles. The van der Waals surface area contributed by atoms with Crippen LogP contribution in [0.15, 0.2) is 65.2 Å². The fraction of sp³-hybridized carbons (Fsp3) is 0.0833. The van der Waals surface area contributed by atoms with Crippen LogP contribution < -0.4 is 0 Å². The maximum Gasteiger partial charge on any atom is 0.144 e. The summed E-state index contributed by atoms with van der Waals surface area (Å²) in [7, 11) is 0. The summed E-state index contributed by atoms with van der Waals surface area (Å²) >= 11 is 0. The highest BCUT2D eigenvalue weighted by atomic mass is 16.3. The Morgan fingerprint density at radius 1 is 0.926 bits per heavy atom. The van der Waals surface area contributed by atoms with Crippen molar-refractivity contribution in [2.24, 2.45) is 0 Å². The predicted molar refractivity (Wildman–Crippen MR) is 109 cm³/mol. The number of pyridine rings is 1. The van der Waals surface area contributed by atoms with Crippen molar-refractivity contribution in [3.8, 4) is 17.3 Å². The lowest BCUT2D eigenvalue weighted by atomic mass is 10.0. The highest BCUT2D eigenvalue weighted by molar-refractivity contribution is 6.17. The minimum atomic E-state index is -2.62. The van der Waals surface area contributed by atoms with Crippen LogP contribution in [-0.4, -0.2) is 4.98 Å². The summed E-state index contributed by atoms with van der Waals surface area (Å²) in [5.41, 5.74) is 1.94. The smallest absolute Gasteiger partial charge is 0.144 e. The first kappa shape index (κ1) is 10.5. The Balaban J connectivity index is 1.81. The Bertz CT molecular complexity index is 1610. The Hall–Kier alpha value is -3.64. The van der Waals surface area contributed by atoms with Crippen LogP contribution in [-0.2, 0) is 0 Å². The molecule has 0 spiro atoms. The fourth-order valence-corrected chi connectivity index (χ4v) is 3.45. The maximum absolute atomic E-state index is 9.30. The van der Waals surface area contributed by atoms with Crippen LogP contribution in [0.3, 0.4) is 0 Å². The van der Waals surface area contributed by atoms with Gasteiger partial charge in [-0.25, -0.2) is 0 Å². The number of aromatic nitrogens is 1. The molecular weight excluding hydrogens is 332 g/mol. The van der Waals surface area contributed by atoms with E-state index >= 15 is 0 Å². The van der Waals surface area contributed by atoms with E-state index in [2.05, 4.69) is 11.1 Å². The molecule has 27 heavy (non-hydrogen) atoms. The molecule has 0 radical (unpaired) electrons. The van der Waals surface area contributed by atoms with Gasteiger partial charge in [0.2, 0.25) is 0 Å². The number of fused-ring (bicyclic) bond motifs is 5. The van der Waals surface area contributed by atoms with Crippen LogP contribution in [0, 0.1) is 25.0 Å². The third-order valence-corrected chi connectivity index (χ3v) is 4.79. The number of nitrogens with zero attached hydrogens (tertiary/aromatic N) is 2. The zero-order chi connectivity index (χ0) is 23.5. The summed E-state index contributed by atoms with van der Waals surface area (Å²) in [5, 5.41) is 12.7. The molecule has 0 aliphatic heterocycles. The van der Waals surface area contributed by atoms with Gasteiger partial charge in [0.15, 0.2) is 0 Å². The molecule has 128 valence electrons. The van der Waals surface area contributed by atoms with E-state index in [4.69, 9.17) is 12.6 Å². The molecule has 3 aromatic carbocycles. The Morgan fingerprint density at radius 2 is 1.78 bits per heavy atom. The number of benzene rings is 3. The van der Waals surface area contributed by atoms with E-state index in [1.54, 1.807) is 18.2 Å². The molecule has 2 aromatic heterocycles. The highest BCUT2D eigenvalue weighted by Crippen LogP contribution is 2.38. The van der Waals surface area contributed by atoms with Gasteiger partial charge in [0, 0.05) is 36.1 Å². The van der Waals surface area contributed by atoms with Crippen molar-refractivity contribution in [1.82, 2.24) is 4.98 Å². The van der Waals surface area contributed by atoms with Gasteiger partial charge in [0.05, 0.1) is 17.3 Å². The zero-order valence-electron chi connectivity index (χ0n) is 20.1. The number of hydrogen-bond acceptors (Lipinski definition) is 3. The summed E-state index contributed by atoms with van der Waals surface area (Å²) in [6.45, 7) is -5.22. The third kappa shape index (κ3) is 2.31. The van der Waals surface area contributed by atoms with E-state index in [-0.39, 0.29) is 11.1 Å². The van der Waals surface area contributed by atoms with Gasteiger partial charge in [-0.05, 0) is 60.5 Å². The van der Waals surface area contributed by atoms with E-state index in [1.807, 2.05) is 30.3 Å². The van der Waals surface area contributed by atoms with Crippen molar-refractivity contribution in [3.05, 3.63) is 77.5 Å². The zero-order valence-corrected chi connectivity index (χ0v) is 14.1. The fourth-order valence-electron chi connectivity index (χ4n) is 3.45. The molecule has 0 unspecified atom stereocenters. The second-order valence-electron chi connectivity index (χ2n) is 6.39. The normalized spacial score (nSPS) is 15.5. The van der Waals surface area contributed by atoms with Gasteiger partial charge in [-0.3, -0.25) is 4.98 Å². The molecule has 0 atom stereocenters. The van der Waals surface area contributed by atoms with E-state index in [9.17, 15) is 5.26 Å². The van der Waals surface area contributed by atoms with Gasteiger partial charge in [-0.1, -0.05) is 24.3 Å². The molecule has 2 heterocycles. The monoisotopic (exact) mass is 354 g/mol. The van der Waals surface area contributed by atoms with Crippen molar-refractivity contribution in [2.75, 3.05) is 0 Å². The van der Waals surface area contributed by atoms with Crippen LogP contribution >= 0.6 is 0 Å². The summed E-state index contributed by atoms with van der Waals surface area (Å²) in [5.74, 6) is 0. The first-order valence-electron chi connectivity index (χ1n) is 11.4. The van der Waals surface area contributed by atoms with Crippen LogP contribution in [0.2, 0.25) is 0 Å². The number of rotatable bonds is 1. The molecule has 5 aromatic rings. The quantitative estimate of drug-likeness (QED) is 0.355. The summed E-state index contributed by atoms with van der Waals surface area (Å²) in [6, 6.07) is 18.2. The topological polar surface area (TPSA) is 49.8 Å². The van der Waals surface area contributed by atoms with Crippen molar-refractivity contribution < 1.29 is 12.6 Å². The van der Waals surface area contributed by atoms with Crippen LogP contribution in [0.1, 0.15) is 24.9 Å². The first-order chi connectivity index (χ1) is 15.6. The summed E-state index contributed by atoms with van der Waals surface area (Å²) in [4.78, 5) is 4.29. The van der Waals surface area contributed by atoms with Gasteiger partial charge in [0.1, 0.15) is 11.2 Å². The van der Waals surface area contributed by atoms with E-state index in [0.717, 1.165) is 27.7 Å². The average Bonchev–Trinajstić information content (AvgIpc) is 3.16. The second kappa shape index (κ2) is 5.69. The molecule has 0 fully saturated rings. The molecule has 3 heteroatoms. The molecular formula is C24H16N2O. The van der Waals surface area contributed by atoms with Crippen molar-refractivity contribution >= 4 is 32.7 Å². The van der Waals surface area contributed by atoms with Crippen molar-refractivity contribution in [2.45, 2.75) is 13.7 Å². The second-order valence-corrected chi connectivity index (χ2v) is 6.39. The van der Waals surface area contributed by atoms with Crippen LogP contribution in [0.5, 0.6) is 0 Å². The number of para-hydroxylation sites is 1. The Labute approximate surface area is 164 Å². The SMILES string of the molecule is [2H]C([2H])([2H])c1cnc(-c2cccc3c2oc2c4cc(C#N)ccc4ccc32)cc1C([2H])([2H])[2H]. The lowest BCUT2D eigenvalue weighted by Gasteiger charge is -2.05. The van der Waals surface area contributed by atoms with Crippen LogP contribution in [0.4, 0.5) is 0 Å². The molecule has 0 amide bonds. The number of nitriles is 1. The molecule has 5 rings (SSSR count). The van der Waals surface area contributed by atoms with E-state index < -0.39 is 13.7 Å². The van der Waals surface area contributed by atoms with Crippen LogP contribution in [0.25, 0.3) is 44.0 Å². The molecule has 0 saturated heterocycles. The lowest BCUT2D eigenvalue weighted by Crippen LogP contribution is -1.88. The number of furan rings is 1. The predicted octanol–water partition coefficient (Wildman–Crippen LogP) is 6.29. The summed E-state index contributed by atoms with van der Waals surface area (Å²) in [6.07, 6.45) is 1.11. The van der Waals surface area contributed by atoms with Gasteiger partial charge >= 0.3 is 0 Å². The van der Waals surface area contributed by atoms with Gasteiger partial charge in [-0.15, -0.1) is 0 Å². The van der Waals surface area contributed by atoms with Gasteiger partial charge < -0.3 is 4.42 Å². The largest absolute Gasteiger partial charge is 0.455 e. The molecule has 0 N–H and O–H groups in total. The standard InChI is InChI=1S/C24H16N2O/c1-14-10-22(26-13-15(14)2)20-5-3-4-18-19-9-8-17-7-6-16(12-25)11-21(17)24(19)27-23(18)20/h3-11,13H,1-2H3/i1D3,2D3. The summed E-state index contributed by atoms with van der Waals surface area (Å²) < 4.78 is 52.8. The maximum atomic E-state index is 9.30. The highest BCUT2D eigenvalue weighted by Gasteiger charge is 2.15. The minimum absolute atomic E-state index is 0.260. The number of hydrogen-bond donors (Lipinski definition) is 0. The van der Waals surface area contributed by atoms with E-state index in [1.165, 1.54) is 6.07 Å². The van der Waals surface area contributed by atoms with Crippen molar-refractivity contribution in [1.29, 1.82) is 5.26 Å². The van der Waals surface area contributed by atoms with Crippen molar-refractivity contribution in [3.63, 3.8) is 0 Å². The van der Waals surface area contributed by atoms with E-state index in [0.29, 0.717) is 28.0 Å². The molecule has 0 bridgehead atoms. The number of aryl methyl sites for hydroxylation is 2. The molecule has 0 aliphatic carbocycles.